The lowest BCUT2D eigenvalue weighted by Crippen LogP contribution is -2.60. The summed E-state index contributed by atoms with van der Waals surface area (Å²) in [4.78, 5) is 60.7. The molecular weight excluding hydrogens is 740 g/mol. The molecule has 2 aliphatic carbocycles. The zero-order valence-electron chi connectivity index (χ0n) is 30.6. The number of hydrogen-bond acceptors (Lipinski definition) is 10. The summed E-state index contributed by atoms with van der Waals surface area (Å²) in [6, 6.07) is 2.44. The summed E-state index contributed by atoms with van der Waals surface area (Å²) < 4.78 is 71.6. The topological polar surface area (TPSA) is 182 Å². The molecule has 0 bridgehead atoms. The molecule has 18 heteroatoms. The lowest BCUT2D eigenvalue weighted by Gasteiger charge is -2.36. The van der Waals surface area contributed by atoms with Crippen LogP contribution >= 0.6 is 11.6 Å². The Kier molecular flexibility index (Phi) is 11.1. The molecule has 3 aliphatic rings. The van der Waals surface area contributed by atoms with Crippen LogP contribution in [-0.4, -0.2) is 96.8 Å². The summed E-state index contributed by atoms with van der Waals surface area (Å²) in [5, 5.41) is 5.90. The molecule has 53 heavy (non-hydrogen) atoms. The van der Waals surface area contributed by atoms with Crippen molar-refractivity contribution in [2.24, 2.45) is 11.3 Å². The number of pyridine rings is 1. The predicted molar refractivity (Wildman–Crippen MR) is 190 cm³/mol. The number of carbonyl (C=O) groups excluding carboxylic acids is 4. The number of aromatic nitrogens is 1. The van der Waals surface area contributed by atoms with Gasteiger partial charge in [0.15, 0.2) is 0 Å². The maximum atomic E-state index is 14.5. The Labute approximate surface area is 312 Å². The highest BCUT2D eigenvalue weighted by molar-refractivity contribution is 7.91. The van der Waals surface area contributed by atoms with Crippen molar-refractivity contribution in [2.45, 2.75) is 115 Å². The largest absolute Gasteiger partial charge is 0.494 e. The van der Waals surface area contributed by atoms with E-state index in [1.54, 1.807) is 59.7 Å². The van der Waals surface area contributed by atoms with E-state index >= 15 is 0 Å². The lowest BCUT2D eigenvalue weighted by molar-refractivity contribution is -0.143. The summed E-state index contributed by atoms with van der Waals surface area (Å²) in [5.41, 5.74) is -3.75. The van der Waals surface area contributed by atoms with Gasteiger partial charge in [0.1, 0.15) is 35.1 Å². The van der Waals surface area contributed by atoms with E-state index in [-0.39, 0.29) is 25.3 Å². The number of hydrogen-bond donors (Lipinski definition) is 3. The van der Waals surface area contributed by atoms with Crippen LogP contribution in [0.5, 0.6) is 11.6 Å². The molecule has 5 atom stereocenters. The van der Waals surface area contributed by atoms with Crippen LogP contribution in [0.15, 0.2) is 24.4 Å². The molecule has 3 N–H and O–H groups in total. The Hall–Kier alpha value is -3.99. The number of nitrogens with one attached hydrogen (secondary N) is 3. The number of benzene rings is 1. The normalized spacial score (nSPS) is 23.7. The molecule has 3 fully saturated rings. The number of nitrogens with zero attached hydrogens (tertiary/aromatic N) is 2. The quantitative estimate of drug-likeness (QED) is 0.280. The molecule has 0 unspecified atom stereocenters. The third kappa shape index (κ3) is 9.22. The van der Waals surface area contributed by atoms with E-state index in [1.807, 2.05) is 4.72 Å². The van der Waals surface area contributed by atoms with Gasteiger partial charge in [-0.15, -0.1) is 0 Å². The molecule has 2 saturated carbocycles. The smallest absolute Gasteiger partial charge is 0.408 e. The van der Waals surface area contributed by atoms with Crippen LogP contribution in [0, 0.1) is 11.3 Å². The van der Waals surface area contributed by atoms with Gasteiger partial charge in [0.25, 0.3) is 5.91 Å². The fourth-order valence-electron chi connectivity index (χ4n) is 6.50. The maximum Gasteiger partial charge on any atom is 0.408 e. The fourth-order valence-corrected chi connectivity index (χ4v) is 8.03. The molecule has 2 heterocycles. The first-order valence-corrected chi connectivity index (χ1v) is 19.2. The molecular formula is C35H46ClF2N5O9S. The average Bonchev–Trinajstić information content (AvgIpc) is 3.95. The van der Waals surface area contributed by atoms with Crippen LogP contribution in [0.3, 0.4) is 0 Å². The summed E-state index contributed by atoms with van der Waals surface area (Å²) in [6.07, 6.45) is -3.58. The number of alkyl halides is 2. The SMILES string of the molecule is COc1cnc(O[C@@H]2C[C@@H](C(=O)N[C@]3(C(=O)NS(=O)(=O)C4CC4)C[C@H]3CC(F)F)N(C(=O)[C@@H](NC(=O)OC(C)(C)C)C(C)(C)C)C2)c2cc(Cl)ccc12. The highest BCUT2D eigenvalue weighted by atomic mass is 35.5. The highest BCUT2D eigenvalue weighted by Gasteiger charge is 2.63. The summed E-state index contributed by atoms with van der Waals surface area (Å²) in [6.45, 7) is 9.92. The second kappa shape index (κ2) is 14.7. The van der Waals surface area contributed by atoms with Crippen molar-refractivity contribution in [3.8, 4) is 11.6 Å². The number of ether oxygens (including phenoxy) is 3. The molecule has 2 aromatic rings. The Balaban J connectivity index is 1.48. The molecule has 5 rings (SSSR count). The maximum absolute atomic E-state index is 14.5. The van der Waals surface area contributed by atoms with Crippen LogP contribution in [0.4, 0.5) is 13.6 Å². The minimum Gasteiger partial charge on any atom is -0.494 e. The number of fused-ring (bicyclic) bond motifs is 1. The van der Waals surface area contributed by atoms with E-state index in [0.29, 0.717) is 34.4 Å². The van der Waals surface area contributed by atoms with Crippen molar-refractivity contribution < 1.29 is 50.6 Å². The van der Waals surface area contributed by atoms with Gasteiger partial charge in [0.2, 0.25) is 34.1 Å². The average molecular weight is 786 g/mol. The molecule has 0 spiro atoms. The third-order valence-electron chi connectivity index (χ3n) is 9.41. The van der Waals surface area contributed by atoms with E-state index in [0.717, 1.165) is 0 Å². The van der Waals surface area contributed by atoms with Gasteiger partial charge in [0, 0.05) is 28.6 Å². The first kappa shape index (κ1) is 40.2. The Bertz CT molecular complexity index is 1880. The first-order chi connectivity index (χ1) is 24.5. The molecule has 4 amide bonds. The zero-order valence-corrected chi connectivity index (χ0v) is 32.2. The van der Waals surface area contributed by atoms with Crippen molar-refractivity contribution in [1.82, 2.24) is 25.2 Å². The number of carbonyl (C=O) groups is 4. The summed E-state index contributed by atoms with van der Waals surface area (Å²) in [7, 11) is -2.60. The Morgan fingerprint density at radius 1 is 1.09 bits per heavy atom. The molecule has 1 saturated heterocycles. The minimum atomic E-state index is -4.08. The van der Waals surface area contributed by atoms with Gasteiger partial charge in [-0.25, -0.2) is 27.0 Å². The van der Waals surface area contributed by atoms with Gasteiger partial charge < -0.3 is 29.7 Å². The van der Waals surface area contributed by atoms with Crippen molar-refractivity contribution in [3.05, 3.63) is 29.4 Å². The number of sulfonamides is 1. The van der Waals surface area contributed by atoms with Gasteiger partial charge in [-0.05, 0) is 69.6 Å². The van der Waals surface area contributed by atoms with Crippen LogP contribution in [0.25, 0.3) is 10.8 Å². The van der Waals surface area contributed by atoms with E-state index in [9.17, 15) is 36.4 Å². The zero-order chi connectivity index (χ0) is 39.3. The Morgan fingerprint density at radius 2 is 1.77 bits per heavy atom. The summed E-state index contributed by atoms with van der Waals surface area (Å²) >= 11 is 6.30. The van der Waals surface area contributed by atoms with Gasteiger partial charge in [-0.2, -0.15) is 0 Å². The third-order valence-corrected chi connectivity index (χ3v) is 11.5. The standard InChI is InChI=1S/C35H46ClF2N5O9S/c1-33(2,3)27(40-32(47)52-34(4,5)6)30(45)43-17-20(51-29-23-13-19(36)8-11-22(23)25(50-7)16-39-29)14-24(43)28(44)41-35(15-18(35)12-26(37)38)31(46)42-53(48,49)21-9-10-21/h8,11,13,16,18,20-21,24,26-27H,9-10,12,14-15,17H2,1-7H3,(H,40,47)(H,41,44)(H,42,46)/t18-,20-,24+,27-,35-/m1/s1. The van der Waals surface area contributed by atoms with E-state index in [2.05, 4.69) is 15.6 Å². The number of amides is 4. The van der Waals surface area contributed by atoms with Crippen molar-refractivity contribution >= 4 is 56.2 Å². The number of likely N-dealkylation sites (tertiary alicyclic amines) is 1. The van der Waals surface area contributed by atoms with Gasteiger partial charge >= 0.3 is 6.09 Å². The van der Waals surface area contributed by atoms with Crippen molar-refractivity contribution in [2.75, 3.05) is 13.7 Å². The molecule has 0 radical (unpaired) electrons. The number of rotatable bonds is 12. The van der Waals surface area contributed by atoms with Crippen LogP contribution in [-0.2, 0) is 29.1 Å². The van der Waals surface area contributed by atoms with Crippen LogP contribution < -0.4 is 24.8 Å². The van der Waals surface area contributed by atoms with E-state index in [4.69, 9.17) is 25.8 Å². The van der Waals surface area contributed by atoms with Crippen molar-refractivity contribution in [3.63, 3.8) is 0 Å². The van der Waals surface area contributed by atoms with Gasteiger partial charge in [0.05, 0.1) is 25.1 Å². The monoisotopic (exact) mass is 785 g/mol. The van der Waals surface area contributed by atoms with Crippen molar-refractivity contribution in [1.29, 1.82) is 0 Å². The highest BCUT2D eigenvalue weighted by Crippen LogP contribution is 2.48. The fraction of sp³-hybridized carbons (Fsp3) is 0.629. The van der Waals surface area contributed by atoms with Gasteiger partial charge in [-0.3, -0.25) is 19.1 Å². The molecule has 14 nitrogen and oxygen atoms in total. The minimum absolute atomic E-state index is 0.126. The molecule has 292 valence electrons. The number of methoxy groups -OCH3 is 1. The predicted octanol–water partition coefficient (Wildman–Crippen LogP) is 4.32. The van der Waals surface area contributed by atoms with Crippen LogP contribution in [0.2, 0.25) is 5.02 Å². The Morgan fingerprint density at radius 3 is 2.36 bits per heavy atom. The number of halogens is 3. The first-order valence-electron chi connectivity index (χ1n) is 17.3. The lowest BCUT2D eigenvalue weighted by atomic mass is 9.85. The second-order valence-electron chi connectivity index (χ2n) is 15.9. The molecule has 1 aromatic carbocycles. The van der Waals surface area contributed by atoms with Gasteiger partial charge in [-0.1, -0.05) is 32.4 Å². The summed E-state index contributed by atoms with van der Waals surface area (Å²) in [5.74, 6) is -3.17. The van der Waals surface area contributed by atoms with Crippen LogP contribution in [0.1, 0.15) is 73.6 Å². The number of alkyl carbamates (subject to hydrolysis) is 1. The molecule has 1 aliphatic heterocycles. The van der Waals surface area contributed by atoms with E-state index < -0.39 is 92.6 Å². The second-order valence-corrected chi connectivity index (χ2v) is 18.3. The molecule has 1 aromatic heterocycles. The van der Waals surface area contributed by atoms with E-state index in [1.165, 1.54) is 18.2 Å².